The number of hydrogen-bond donors (Lipinski definition) is 1. The third-order valence-corrected chi connectivity index (χ3v) is 2.45. The average molecular weight is 245 g/mol. The second-order valence-electron chi connectivity index (χ2n) is 2.63. The van der Waals surface area contributed by atoms with Gasteiger partial charge in [0.05, 0.1) is 16.8 Å². The van der Waals surface area contributed by atoms with Crippen LogP contribution in [0, 0.1) is 0 Å². The standard InChI is InChI=1S/C9H13BrN2O/c1-2-12(5-6-13)9-3-4-11-7-8(9)10/h3-4,7,13H,2,5-6H2,1H3. The highest BCUT2D eigenvalue weighted by Crippen LogP contribution is 2.23. The van der Waals surface area contributed by atoms with Crippen molar-refractivity contribution in [2.45, 2.75) is 6.92 Å². The molecule has 0 aliphatic carbocycles. The third-order valence-electron chi connectivity index (χ3n) is 1.84. The molecule has 0 saturated heterocycles. The van der Waals surface area contributed by atoms with E-state index in [1.807, 2.05) is 6.07 Å². The van der Waals surface area contributed by atoms with E-state index in [0.717, 1.165) is 16.7 Å². The zero-order valence-corrected chi connectivity index (χ0v) is 9.16. The molecule has 0 aromatic carbocycles. The highest BCUT2D eigenvalue weighted by atomic mass is 79.9. The van der Waals surface area contributed by atoms with Gasteiger partial charge >= 0.3 is 0 Å². The minimum Gasteiger partial charge on any atom is -0.395 e. The second kappa shape index (κ2) is 5.19. The first kappa shape index (κ1) is 10.5. The Hall–Kier alpha value is -0.610. The Labute approximate surface area is 86.5 Å². The van der Waals surface area contributed by atoms with Gasteiger partial charge in [-0.05, 0) is 28.9 Å². The van der Waals surface area contributed by atoms with Crippen molar-refractivity contribution >= 4 is 21.6 Å². The molecule has 1 aromatic heterocycles. The Morgan fingerprint density at radius 1 is 1.62 bits per heavy atom. The lowest BCUT2D eigenvalue weighted by Gasteiger charge is -2.22. The van der Waals surface area contributed by atoms with Gasteiger partial charge in [-0.1, -0.05) is 0 Å². The molecule has 0 aliphatic rings. The van der Waals surface area contributed by atoms with E-state index in [9.17, 15) is 0 Å². The maximum Gasteiger partial charge on any atom is 0.0606 e. The molecule has 0 spiro atoms. The van der Waals surface area contributed by atoms with E-state index in [1.54, 1.807) is 12.4 Å². The molecule has 1 heterocycles. The summed E-state index contributed by atoms with van der Waals surface area (Å²) in [6, 6.07) is 1.93. The topological polar surface area (TPSA) is 36.4 Å². The maximum atomic E-state index is 8.85. The highest BCUT2D eigenvalue weighted by molar-refractivity contribution is 9.10. The van der Waals surface area contributed by atoms with Crippen molar-refractivity contribution in [2.24, 2.45) is 0 Å². The summed E-state index contributed by atoms with van der Waals surface area (Å²) >= 11 is 3.42. The van der Waals surface area contributed by atoms with Crippen LogP contribution in [0.2, 0.25) is 0 Å². The summed E-state index contributed by atoms with van der Waals surface area (Å²) in [6.07, 6.45) is 3.51. The van der Waals surface area contributed by atoms with E-state index < -0.39 is 0 Å². The Bertz CT molecular complexity index is 268. The summed E-state index contributed by atoms with van der Waals surface area (Å²) in [5, 5.41) is 8.85. The van der Waals surface area contributed by atoms with Crippen molar-refractivity contribution in [3.8, 4) is 0 Å². The van der Waals surface area contributed by atoms with Crippen LogP contribution in [0.1, 0.15) is 6.92 Å². The predicted molar refractivity (Wildman–Crippen MR) is 56.9 cm³/mol. The van der Waals surface area contributed by atoms with Crippen molar-refractivity contribution in [1.29, 1.82) is 0 Å². The number of likely N-dealkylation sites (N-methyl/N-ethyl adjacent to an activating group) is 1. The van der Waals surface area contributed by atoms with Gasteiger partial charge in [-0.2, -0.15) is 0 Å². The summed E-state index contributed by atoms with van der Waals surface area (Å²) in [6.45, 7) is 3.76. The van der Waals surface area contributed by atoms with Gasteiger partial charge in [0.1, 0.15) is 0 Å². The van der Waals surface area contributed by atoms with Crippen LogP contribution in [0.3, 0.4) is 0 Å². The number of aliphatic hydroxyl groups excluding tert-OH is 1. The SMILES string of the molecule is CCN(CCO)c1ccncc1Br. The summed E-state index contributed by atoms with van der Waals surface area (Å²) in [5.41, 5.74) is 1.08. The lowest BCUT2D eigenvalue weighted by molar-refractivity contribution is 0.302. The number of aliphatic hydroxyl groups is 1. The van der Waals surface area contributed by atoms with Crippen LogP contribution in [0.25, 0.3) is 0 Å². The number of nitrogens with zero attached hydrogens (tertiary/aromatic N) is 2. The first-order chi connectivity index (χ1) is 6.29. The Morgan fingerprint density at radius 2 is 2.38 bits per heavy atom. The Morgan fingerprint density at radius 3 is 2.92 bits per heavy atom. The molecular formula is C9H13BrN2O. The molecule has 0 atom stereocenters. The number of rotatable bonds is 4. The van der Waals surface area contributed by atoms with Crippen LogP contribution in [0.5, 0.6) is 0 Å². The highest BCUT2D eigenvalue weighted by Gasteiger charge is 2.06. The fraction of sp³-hybridized carbons (Fsp3) is 0.444. The van der Waals surface area contributed by atoms with E-state index in [-0.39, 0.29) is 6.61 Å². The van der Waals surface area contributed by atoms with Crippen LogP contribution in [-0.4, -0.2) is 29.8 Å². The van der Waals surface area contributed by atoms with Crippen molar-refractivity contribution in [3.05, 3.63) is 22.9 Å². The molecule has 0 radical (unpaired) electrons. The quantitative estimate of drug-likeness (QED) is 0.876. The monoisotopic (exact) mass is 244 g/mol. The van der Waals surface area contributed by atoms with Crippen molar-refractivity contribution in [2.75, 3.05) is 24.6 Å². The van der Waals surface area contributed by atoms with Crippen molar-refractivity contribution in [1.82, 2.24) is 4.98 Å². The summed E-state index contributed by atoms with van der Waals surface area (Å²) in [7, 11) is 0. The van der Waals surface area contributed by atoms with Crippen LogP contribution in [0.4, 0.5) is 5.69 Å². The number of halogens is 1. The van der Waals surface area contributed by atoms with Crippen molar-refractivity contribution in [3.63, 3.8) is 0 Å². The first-order valence-corrected chi connectivity index (χ1v) is 5.04. The largest absolute Gasteiger partial charge is 0.395 e. The Kier molecular flexibility index (Phi) is 4.18. The van der Waals surface area contributed by atoms with E-state index in [2.05, 4.69) is 32.7 Å². The average Bonchev–Trinajstić information content (AvgIpc) is 2.16. The first-order valence-electron chi connectivity index (χ1n) is 4.25. The lowest BCUT2D eigenvalue weighted by atomic mass is 10.3. The maximum absolute atomic E-state index is 8.85. The molecule has 3 nitrogen and oxygen atoms in total. The van der Waals surface area contributed by atoms with Gasteiger partial charge in [-0.25, -0.2) is 0 Å². The summed E-state index contributed by atoms with van der Waals surface area (Å²) in [5.74, 6) is 0. The number of anilines is 1. The summed E-state index contributed by atoms with van der Waals surface area (Å²) in [4.78, 5) is 6.07. The van der Waals surface area contributed by atoms with Crippen LogP contribution < -0.4 is 4.90 Å². The smallest absolute Gasteiger partial charge is 0.0606 e. The zero-order chi connectivity index (χ0) is 9.68. The number of aromatic nitrogens is 1. The van der Waals surface area contributed by atoms with E-state index >= 15 is 0 Å². The molecule has 72 valence electrons. The van der Waals surface area contributed by atoms with Crippen LogP contribution >= 0.6 is 15.9 Å². The van der Waals surface area contributed by atoms with Crippen LogP contribution in [-0.2, 0) is 0 Å². The van der Waals surface area contributed by atoms with Gasteiger partial charge in [0.25, 0.3) is 0 Å². The zero-order valence-electron chi connectivity index (χ0n) is 7.57. The normalized spacial score (nSPS) is 10.1. The van der Waals surface area contributed by atoms with Crippen LogP contribution in [0.15, 0.2) is 22.9 Å². The molecular weight excluding hydrogens is 232 g/mol. The molecule has 0 amide bonds. The van der Waals surface area contributed by atoms with Gasteiger partial charge in [-0.3, -0.25) is 4.98 Å². The predicted octanol–water partition coefficient (Wildman–Crippen LogP) is 1.66. The lowest BCUT2D eigenvalue weighted by Crippen LogP contribution is -2.26. The van der Waals surface area contributed by atoms with Gasteiger partial charge in [-0.15, -0.1) is 0 Å². The number of pyridine rings is 1. The molecule has 1 aromatic rings. The fourth-order valence-corrected chi connectivity index (χ4v) is 1.70. The van der Waals surface area contributed by atoms with E-state index in [1.165, 1.54) is 0 Å². The fourth-order valence-electron chi connectivity index (χ4n) is 1.19. The molecule has 1 N–H and O–H groups in total. The molecule has 0 aliphatic heterocycles. The van der Waals surface area contributed by atoms with Gasteiger partial charge in [0.2, 0.25) is 0 Å². The molecule has 0 unspecified atom stereocenters. The molecule has 0 bridgehead atoms. The summed E-state index contributed by atoms with van der Waals surface area (Å²) < 4.78 is 0.963. The van der Waals surface area contributed by atoms with Crippen molar-refractivity contribution < 1.29 is 5.11 Å². The number of hydrogen-bond acceptors (Lipinski definition) is 3. The molecule has 0 fully saturated rings. The molecule has 4 heteroatoms. The molecule has 0 saturated carbocycles. The molecule has 1 rings (SSSR count). The van der Waals surface area contributed by atoms with Gasteiger partial charge in [0.15, 0.2) is 0 Å². The van der Waals surface area contributed by atoms with Gasteiger partial charge in [0, 0.05) is 25.5 Å². The Balaban J connectivity index is 2.84. The minimum atomic E-state index is 0.169. The minimum absolute atomic E-state index is 0.169. The van der Waals surface area contributed by atoms with E-state index in [4.69, 9.17) is 5.11 Å². The van der Waals surface area contributed by atoms with E-state index in [0.29, 0.717) is 6.54 Å². The van der Waals surface area contributed by atoms with Gasteiger partial charge < -0.3 is 10.0 Å². The second-order valence-corrected chi connectivity index (χ2v) is 3.48. The third kappa shape index (κ3) is 2.67. The molecule has 13 heavy (non-hydrogen) atoms.